The highest BCUT2D eigenvalue weighted by Gasteiger charge is 2.31. The lowest BCUT2D eigenvalue weighted by Gasteiger charge is -2.29. The van der Waals surface area contributed by atoms with E-state index in [0.29, 0.717) is 16.6 Å². The number of hydrogen-bond donors (Lipinski definition) is 3. The van der Waals surface area contributed by atoms with E-state index in [0.717, 1.165) is 11.1 Å². The molecule has 0 aliphatic carbocycles. The second-order valence-electron chi connectivity index (χ2n) is 6.95. The number of halogens is 1. The Hall–Kier alpha value is -2.98. The van der Waals surface area contributed by atoms with Gasteiger partial charge in [0.2, 0.25) is 10.0 Å². The third-order valence-corrected chi connectivity index (χ3v) is 7.13. The number of rotatable bonds is 7. The molecule has 10 heteroatoms. The molecular formula is C21H21ClN6O2S. The third-order valence-electron chi connectivity index (χ3n) is 4.94. The molecule has 2 heterocycles. The lowest BCUT2D eigenvalue weighted by atomic mass is 10.0. The summed E-state index contributed by atoms with van der Waals surface area (Å²) in [4.78, 5) is 4.50. The predicted molar refractivity (Wildman–Crippen MR) is 119 cm³/mol. The Bertz CT molecular complexity index is 1190. The van der Waals surface area contributed by atoms with E-state index in [4.69, 9.17) is 11.6 Å². The van der Waals surface area contributed by atoms with Crippen LogP contribution < -0.4 is 16.5 Å². The van der Waals surface area contributed by atoms with Gasteiger partial charge in [-0.25, -0.2) is 14.0 Å². The number of aromatic nitrogens is 1. The first-order chi connectivity index (χ1) is 14.9. The molecule has 0 radical (unpaired) electrons. The van der Waals surface area contributed by atoms with Gasteiger partial charge in [-0.2, -0.15) is 4.31 Å². The molecule has 2 aromatic carbocycles. The fraction of sp³-hybridized carbons (Fsp3) is 0.143. The van der Waals surface area contributed by atoms with Crippen molar-refractivity contribution in [2.24, 2.45) is 5.10 Å². The van der Waals surface area contributed by atoms with Gasteiger partial charge < -0.3 is 0 Å². The van der Waals surface area contributed by atoms with Crippen molar-refractivity contribution < 1.29 is 8.42 Å². The molecule has 8 nitrogen and oxygen atoms in total. The zero-order valence-corrected chi connectivity index (χ0v) is 18.2. The van der Waals surface area contributed by atoms with Gasteiger partial charge in [-0.1, -0.05) is 35.9 Å². The molecule has 0 amide bonds. The van der Waals surface area contributed by atoms with Crippen molar-refractivity contribution in [3.8, 4) is 0 Å². The molecule has 0 fully saturated rings. The summed E-state index contributed by atoms with van der Waals surface area (Å²) in [6.07, 6.45) is 1.65. The smallest absolute Gasteiger partial charge is 0.243 e. The lowest BCUT2D eigenvalue weighted by Crippen LogP contribution is -2.35. The van der Waals surface area contributed by atoms with Crippen LogP contribution in [0.15, 0.2) is 82.9 Å². The first-order valence-corrected chi connectivity index (χ1v) is 11.4. The molecular weight excluding hydrogens is 436 g/mol. The minimum absolute atomic E-state index is 0.125. The van der Waals surface area contributed by atoms with Crippen LogP contribution >= 0.6 is 11.6 Å². The predicted octanol–water partition coefficient (Wildman–Crippen LogP) is 2.96. The Morgan fingerprint density at radius 1 is 1.06 bits per heavy atom. The second kappa shape index (κ2) is 9.03. The lowest BCUT2D eigenvalue weighted by molar-refractivity contribution is 0.332. The van der Waals surface area contributed by atoms with Crippen molar-refractivity contribution in [1.29, 1.82) is 0 Å². The van der Waals surface area contributed by atoms with Crippen LogP contribution in [0, 0.1) is 0 Å². The standard InChI is InChI=1S/C21H21ClN6O2S/c1-15(16-5-4-6-17(13-16)21-24-26-27-25-21)28(14-19-7-2-3-12-23-19)31(29,30)20-10-8-18(22)9-11-20/h2-13,15,26-27H,14H2,1H3,(H,24,25). The molecule has 3 N–H and O–H groups in total. The molecule has 1 atom stereocenters. The zero-order chi connectivity index (χ0) is 21.8. The van der Waals surface area contributed by atoms with Crippen molar-refractivity contribution in [3.63, 3.8) is 0 Å². The summed E-state index contributed by atoms with van der Waals surface area (Å²) in [6, 6.07) is 18.7. The number of hydrogen-bond acceptors (Lipinski definition) is 7. The fourth-order valence-electron chi connectivity index (χ4n) is 3.27. The van der Waals surface area contributed by atoms with Crippen LogP contribution in [0.3, 0.4) is 0 Å². The van der Waals surface area contributed by atoms with E-state index in [1.165, 1.54) is 16.4 Å². The van der Waals surface area contributed by atoms with Gasteiger partial charge in [-0.05, 0) is 55.0 Å². The Kier molecular flexibility index (Phi) is 6.19. The summed E-state index contributed by atoms with van der Waals surface area (Å²) in [5, 5.41) is 4.59. The summed E-state index contributed by atoms with van der Waals surface area (Å²) < 4.78 is 28.6. The third kappa shape index (κ3) is 4.70. The normalized spacial score (nSPS) is 14.6. The van der Waals surface area contributed by atoms with Crippen molar-refractivity contribution in [2.45, 2.75) is 24.4 Å². The molecule has 0 saturated heterocycles. The van der Waals surface area contributed by atoms with E-state index < -0.39 is 16.1 Å². The molecule has 31 heavy (non-hydrogen) atoms. The van der Waals surface area contributed by atoms with Crippen molar-refractivity contribution in [1.82, 2.24) is 25.8 Å². The maximum absolute atomic E-state index is 13.6. The molecule has 1 aliphatic rings. The number of benzene rings is 2. The zero-order valence-electron chi connectivity index (χ0n) is 16.7. The molecule has 1 aromatic heterocycles. The van der Waals surface area contributed by atoms with Crippen LogP contribution in [0.1, 0.15) is 29.8 Å². The monoisotopic (exact) mass is 456 g/mol. The number of amidine groups is 1. The average Bonchev–Trinajstić information content (AvgIpc) is 3.33. The van der Waals surface area contributed by atoms with Gasteiger partial charge in [0, 0.05) is 22.8 Å². The minimum atomic E-state index is -3.83. The molecule has 160 valence electrons. The van der Waals surface area contributed by atoms with Crippen LogP contribution in [0.5, 0.6) is 0 Å². The Labute approximate surface area is 185 Å². The van der Waals surface area contributed by atoms with E-state index in [2.05, 4.69) is 26.6 Å². The van der Waals surface area contributed by atoms with Crippen LogP contribution in [-0.2, 0) is 16.6 Å². The van der Waals surface area contributed by atoms with Gasteiger partial charge >= 0.3 is 0 Å². The highest BCUT2D eigenvalue weighted by Crippen LogP contribution is 2.30. The topological polar surface area (TPSA) is 98.7 Å². The van der Waals surface area contributed by atoms with Gasteiger partial charge in [0.05, 0.1) is 17.1 Å². The van der Waals surface area contributed by atoms with Crippen molar-refractivity contribution >= 4 is 27.5 Å². The largest absolute Gasteiger partial charge is 0.285 e. The van der Waals surface area contributed by atoms with Gasteiger partial charge in [0.1, 0.15) is 0 Å². The first kappa shape index (κ1) is 21.3. The maximum atomic E-state index is 13.6. The van der Waals surface area contributed by atoms with Crippen molar-refractivity contribution in [2.75, 3.05) is 0 Å². The van der Waals surface area contributed by atoms with Crippen LogP contribution in [0.2, 0.25) is 5.02 Å². The number of nitrogens with zero attached hydrogens (tertiary/aromatic N) is 3. The first-order valence-electron chi connectivity index (χ1n) is 9.56. The van der Waals surface area contributed by atoms with Gasteiger partial charge in [-0.15, -0.1) is 10.6 Å². The highest BCUT2D eigenvalue weighted by molar-refractivity contribution is 7.89. The number of pyridine rings is 1. The van der Waals surface area contributed by atoms with Crippen LogP contribution in [-0.4, -0.2) is 23.5 Å². The number of hydrazine groups is 2. The Morgan fingerprint density at radius 2 is 1.87 bits per heavy atom. The molecule has 0 spiro atoms. The van der Waals surface area contributed by atoms with Gasteiger partial charge in [0.15, 0.2) is 5.84 Å². The van der Waals surface area contributed by atoms with Crippen molar-refractivity contribution in [3.05, 3.63) is 94.8 Å². The van der Waals surface area contributed by atoms with E-state index >= 15 is 0 Å². The summed E-state index contributed by atoms with van der Waals surface area (Å²) in [6.45, 7) is 1.98. The summed E-state index contributed by atoms with van der Waals surface area (Å²) in [5.41, 5.74) is 10.5. The second-order valence-corrected chi connectivity index (χ2v) is 9.28. The Balaban J connectivity index is 1.73. The molecule has 4 rings (SSSR count). The quantitative estimate of drug-likeness (QED) is 0.505. The van der Waals surface area contributed by atoms with Gasteiger partial charge in [0.25, 0.3) is 0 Å². The molecule has 1 aliphatic heterocycles. The van der Waals surface area contributed by atoms with E-state index in [-0.39, 0.29) is 11.4 Å². The van der Waals surface area contributed by atoms with Gasteiger partial charge in [-0.3, -0.25) is 10.4 Å². The maximum Gasteiger partial charge on any atom is 0.243 e. The Morgan fingerprint density at radius 3 is 2.55 bits per heavy atom. The average molecular weight is 457 g/mol. The summed E-state index contributed by atoms with van der Waals surface area (Å²) in [5.74, 6) is 0.617. The molecule has 3 aromatic rings. The van der Waals surface area contributed by atoms with E-state index in [9.17, 15) is 8.42 Å². The number of nitrogens with one attached hydrogen (secondary N) is 3. The summed E-state index contributed by atoms with van der Waals surface area (Å²) >= 11 is 5.96. The SMILES string of the molecule is CC(c1cccc(C2=NNNN2)c1)N(Cc1ccccn1)S(=O)(=O)c1ccc(Cl)cc1. The summed E-state index contributed by atoms with van der Waals surface area (Å²) in [7, 11) is -3.83. The van der Waals surface area contributed by atoms with E-state index in [1.54, 1.807) is 24.4 Å². The van der Waals surface area contributed by atoms with Crippen LogP contribution in [0.25, 0.3) is 0 Å². The highest BCUT2D eigenvalue weighted by atomic mass is 35.5. The van der Waals surface area contributed by atoms with E-state index in [1.807, 2.05) is 43.3 Å². The fourth-order valence-corrected chi connectivity index (χ4v) is 4.99. The minimum Gasteiger partial charge on any atom is -0.285 e. The molecule has 0 bridgehead atoms. The molecule has 1 unspecified atom stereocenters. The number of hydrazone groups is 1. The number of sulfonamides is 1. The van der Waals surface area contributed by atoms with Crippen LogP contribution in [0.4, 0.5) is 0 Å². The molecule has 0 saturated carbocycles.